The first kappa shape index (κ1) is 15.2. The Bertz CT molecular complexity index is 542. The molecule has 1 N–H and O–H groups in total. The molecular weight excluding hydrogens is 268 g/mol. The zero-order valence-corrected chi connectivity index (χ0v) is 13.6. The third-order valence-electron chi connectivity index (χ3n) is 3.21. The van der Waals surface area contributed by atoms with E-state index in [1.165, 1.54) is 11.4 Å². The van der Waals surface area contributed by atoms with Gasteiger partial charge in [-0.2, -0.15) is 5.10 Å². The number of aryl methyl sites for hydroxylation is 2. The molecule has 2 rings (SSSR count). The third kappa shape index (κ3) is 3.90. The molecule has 0 atom stereocenters. The lowest BCUT2D eigenvalue weighted by atomic mass is 10.2. The smallest absolute Gasteiger partial charge is 0.107 e. The topological polar surface area (TPSA) is 42.7 Å². The highest BCUT2D eigenvalue weighted by atomic mass is 32.1. The van der Waals surface area contributed by atoms with Gasteiger partial charge in [0.25, 0.3) is 0 Å². The molecule has 0 aromatic carbocycles. The number of nitrogens with zero attached hydrogens (tertiary/aromatic N) is 3. The van der Waals surface area contributed by atoms with E-state index >= 15 is 0 Å². The first-order valence-corrected chi connectivity index (χ1v) is 8.22. The molecule has 2 aromatic heterocycles. The zero-order valence-electron chi connectivity index (χ0n) is 12.8. The molecule has 0 aliphatic heterocycles. The van der Waals surface area contributed by atoms with Crippen molar-refractivity contribution in [3.8, 4) is 0 Å². The van der Waals surface area contributed by atoms with Crippen LogP contribution in [0, 0.1) is 0 Å². The number of rotatable bonds is 7. The molecule has 0 aliphatic carbocycles. The lowest BCUT2D eigenvalue weighted by molar-refractivity contribution is 0.583. The van der Waals surface area contributed by atoms with E-state index in [0.717, 1.165) is 36.6 Å². The first-order valence-electron chi connectivity index (χ1n) is 7.34. The minimum atomic E-state index is 0.493. The Balaban J connectivity index is 2.04. The van der Waals surface area contributed by atoms with Crippen LogP contribution in [0.3, 0.4) is 0 Å². The molecule has 20 heavy (non-hydrogen) atoms. The van der Waals surface area contributed by atoms with Crippen LogP contribution in [0.1, 0.15) is 49.8 Å². The molecule has 0 radical (unpaired) electrons. The molecule has 0 amide bonds. The molecule has 0 spiro atoms. The normalized spacial score (nSPS) is 11.4. The number of thiazole rings is 1. The van der Waals surface area contributed by atoms with E-state index in [9.17, 15) is 0 Å². The monoisotopic (exact) mass is 292 g/mol. The fraction of sp³-hybridized carbons (Fsp3) is 0.600. The second-order valence-corrected chi connectivity index (χ2v) is 6.20. The van der Waals surface area contributed by atoms with Crippen LogP contribution in [0.15, 0.2) is 11.4 Å². The molecule has 2 heterocycles. The van der Waals surface area contributed by atoms with Crippen LogP contribution in [0.4, 0.5) is 0 Å². The molecule has 0 fully saturated rings. The highest BCUT2D eigenvalue weighted by Crippen LogP contribution is 2.13. The Hall–Kier alpha value is -1.20. The largest absolute Gasteiger partial charge is 0.308 e. The van der Waals surface area contributed by atoms with Gasteiger partial charge in [0.05, 0.1) is 17.9 Å². The van der Waals surface area contributed by atoms with Crippen LogP contribution in [-0.2, 0) is 25.9 Å². The van der Waals surface area contributed by atoms with E-state index in [2.05, 4.69) is 59.2 Å². The molecule has 5 heteroatoms. The van der Waals surface area contributed by atoms with Gasteiger partial charge in [0.15, 0.2) is 0 Å². The van der Waals surface area contributed by atoms with Gasteiger partial charge in [0, 0.05) is 23.7 Å². The van der Waals surface area contributed by atoms with Crippen molar-refractivity contribution in [3.63, 3.8) is 0 Å². The standard InChI is InChI=1S/C15H24N4S/c1-5-12-7-14(6-2)19(18-12)9-13-10-20-15(17-13)8-16-11(3)4/h7,10-11,16H,5-6,8-9H2,1-4H3. The Labute approximate surface area is 125 Å². The van der Waals surface area contributed by atoms with Crippen LogP contribution >= 0.6 is 11.3 Å². The first-order chi connectivity index (χ1) is 9.62. The van der Waals surface area contributed by atoms with Gasteiger partial charge < -0.3 is 5.32 Å². The van der Waals surface area contributed by atoms with Gasteiger partial charge in [0.2, 0.25) is 0 Å². The SMILES string of the molecule is CCc1cc(CC)n(Cc2csc(CNC(C)C)n2)n1. The number of hydrogen-bond acceptors (Lipinski definition) is 4. The predicted molar refractivity (Wildman–Crippen MR) is 84.2 cm³/mol. The van der Waals surface area contributed by atoms with E-state index < -0.39 is 0 Å². The van der Waals surface area contributed by atoms with E-state index in [1.807, 2.05) is 0 Å². The summed E-state index contributed by atoms with van der Waals surface area (Å²) in [6, 6.07) is 2.69. The zero-order chi connectivity index (χ0) is 14.5. The Morgan fingerprint density at radius 1 is 1.25 bits per heavy atom. The fourth-order valence-corrected chi connectivity index (χ4v) is 2.79. The summed E-state index contributed by atoms with van der Waals surface area (Å²) in [7, 11) is 0. The summed E-state index contributed by atoms with van der Waals surface area (Å²) >= 11 is 1.72. The number of nitrogens with one attached hydrogen (secondary N) is 1. The Kier molecular flexibility index (Phi) is 5.31. The number of hydrogen-bond donors (Lipinski definition) is 1. The van der Waals surface area contributed by atoms with Crippen molar-refractivity contribution in [3.05, 3.63) is 33.5 Å². The maximum absolute atomic E-state index is 4.68. The van der Waals surface area contributed by atoms with Crippen molar-refractivity contribution < 1.29 is 0 Å². The average Bonchev–Trinajstić information content (AvgIpc) is 3.03. The minimum Gasteiger partial charge on any atom is -0.308 e. The average molecular weight is 292 g/mol. The molecule has 0 unspecified atom stereocenters. The number of aromatic nitrogens is 3. The second-order valence-electron chi connectivity index (χ2n) is 5.26. The minimum absolute atomic E-state index is 0.493. The molecule has 110 valence electrons. The molecule has 0 saturated carbocycles. The van der Waals surface area contributed by atoms with Crippen LogP contribution in [-0.4, -0.2) is 20.8 Å². The van der Waals surface area contributed by atoms with Crippen LogP contribution in [0.5, 0.6) is 0 Å². The van der Waals surface area contributed by atoms with Gasteiger partial charge in [-0.15, -0.1) is 11.3 Å². The van der Waals surface area contributed by atoms with Crippen molar-refractivity contribution in [2.24, 2.45) is 0 Å². The highest BCUT2D eigenvalue weighted by Gasteiger charge is 2.08. The van der Waals surface area contributed by atoms with Gasteiger partial charge in [0.1, 0.15) is 5.01 Å². The highest BCUT2D eigenvalue weighted by molar-refractivity contribution is 7.09. The second kappa shape index (κ2) is 6.99. The van der Waals surface area contributed by atoms with Gasteiger partial charge >= 0.3 is 0 Å². The summed E-state index contributed by atoms with van der Waals surface area (Å²) in [5, 5.41) is 11.3. The van der Waals surface area contributed by atoms with E-state index in [4.69, 9.17) is 0 Å². The van der Waals surface area contributed by atoms with Crippen molar-refractivity contribution in [2.45, 2.75) is 59.7 Å². The summed E-state index contributed by atoms with van der Waals surface area (Å²) in [5.74, 6) is 0. The maximum atomic E-state index is 4.68. The molecule has 2 aromatic rings. The molecule has 0 bridgehead atoms. The fourth-order valence-electron chi connectivity index (χ4n) is 2.06. The Morgan fingerprint density at radius 3 is 2.70 bits per heavy atom. The van der Waals surface area contributed by atoms with Crippen molar-refractivity contribution in [1.29, 1.82) is 0 Å². The van der Waals surface area contributed by atoms with E-state index in [0.29, 0.717) is 6.04 Å². The lowest BCUT2D eigenvalue weighted by Gasteiger charge is -2.05. The van der Waals surface area contributed by atoms with Gasteiger partial charge in [-0.3, -0.25) is 4.68 Å². The summed E-state index contributed by atoms with van der Waals surface area (Å²) in [4.78, 5) is 4.68. The molecule has 0 saturated heterocycles. The molecule has 0 aliphatic rings. The van der Waals surface area contributed by atoms with Crippen LogP contribution in [0.2, 0.25) is 0 Å². The van der Waals surface area contributed by atoms with Crippen molar-refractivity contribution in [2.75, 3.05) is 0 Å². The van der Waals surface area contributed by atoms with E-state index in [-0.39, 0.29) is 0 Å². The maximum Gasteiger partial charge on any atom is 0.107 e. The summed E-state index contributed by atoms with van der Waals surface area (Å²) < 4.78 is 2.09. The lowest BCUT2D eigenvalue weighted by Crippen LogP contribution is -2.21. The summed E-state index contributed by atoms with van der Waals surface area (Å²) in [5.41, 5.74) is 3.56. The molecule has 4 nitrogen and oxygen atoms in total. The molecular formula is C15H24N4S. The van der Waals surface area contributed by atoms with E-state index in [1.54, 1.807) is 11.3 Å². The third-order valence-corrected chi connectivity index (χ3v) is 4.11. The van der Waals surface area contributed by atoms with Gasteiger partial charge in [-0.1, -0.05) is 27.7 Å². The predicted octanol–water partition coefficient (Wildman–Crippen LogP) is 3.01. The van der Waals surface area contributed by atoms with Gasteiger partial charge in [-0.05, 0) is 18.9 Å². The van der Waals surface area contributed by atoms with Crippen molar-refractivity contribution in [1.82, 2.24) is 20.1 Å². The van der Waals surface area contributed by atoms with Crippen LogP contribution < -0.4 is 5.32 Å². The summed E-state index contributed by atoms with van der Waals surface area (Å²) in [6.45, 7) is 10.2. The van der Waals surface area contributed by atoms with Crippen LogP contribution in [0.25, 0.3) is 0 Å². The quantitative estimate of drug-likeness (QED) is 0.853. The van der Waals surface area contributed by atoms with Crippen molar-refractivity contribution >= 4 is 11.3 Å². The van der Waals surface area contributed by atoms with Gasteiger partial charge in [-0.25, -0.2) is 4.98 Å². The Morgan fingerprint density at radius 2 is 2.05 bits per heavy atom. The summed E-state index contributed by atoms with van der Waals surface area (Å²) in [6.07, 6.45) is 2.00.